The van der Waals surface area contributed by atoms with Crippen molar-refractivity contribution in [2.24, 2.45) is 9.57 Å². The maximum Gasteiger partial charge on any atom is 0.456 e. The molecular formula is C19H20F8N2O3S. The fourth-order valence-corrected chi connectivity index (χ4v) is 4.14. The highest BCUT2D eigenvalue weighted by molar-refractivity contribution is 8.18. The molecule has 0 bridgehead atoms. The minimum atomic E-state index is -5.90. The van der Waals surface area contributed by atoms with E-state index in [1.54, 1.807) is 0 Å². The highest BCUT2D eigenvalue weighted by Crippen LogP contribution is 2.42. The van der Waals surface area contributed by atoms with Gasteiger partial charge in [-0.2, -0.15) is 35.1 Å². The fourth-order valence-electron chi connectivity index (χ4n) is 2.42. The van der Waals surface area contributed by atoms with E-state index in [9.17, 15) is 44.2 Å². The monoisotopic (exact) mass is 508 g/mol. The molecule has 0 saturated heterocycles. The third-order valence-corrected chi connectivity index (χ3v) is 7.76. The third-order valence-electron chi connectivity index (χ3n) is 4.55. The topological polar surface area (TPSA) is 68.1 Å². The summed E-state index contributed by atoms with van der Waals surface area (Å²) >= 11 is 0. The van der Waals surface area contributed by atoms with Crippen molar-refractivity contribution in [3.8, 4) is 0 Å². The molecule has 0 amide bonds. The zero-order chi connectivity index (χ0) is 25.9. The lowest BCUT2D eigenvalue weighted by molar-refractivity contribution is -0.290. The van der Waals surface area contributed by atoms with Gasteiger partial charge in [-0.3, -0.25) is 4.21 Å². The van der Waals surface area contributed by atoms with Crippen LogP contribution in [0.1, 0.15) is 25.0 Å². The van der Waals surface area contributed by atoms with E-state index in [-0.39, 0.29) is 11.1 Å². The Kier molecular flexibility index (Phi) is 8.01. The molecule has 1 aromatic rings. The molecule has 0 radical (unpaired) electrons. The van der Waals surface area contributed by atoms with E-state index < -0.39 is 56.2 Å². The van der Waals surface area contributed by atoms with Gasteiger partial charge in [-0.1, -0.05) is 19.6 Å². The van der Waals surface area contributed by atoms with Crippen LogP contribution in [0.3, 0.4) is 0 Å². The Bertz CT molecular complexity index is 1040. The van der Waals surface area contributed by atoms with Gasteiger partial charge in [-0.15, -0.1) is 4.91 Å². The summed E-state index contributed by atoms with van der Waals surface area (Å²) in [4.78, 5) is 14.3. The van der Waals surface area contributed by atoms with Gasteiger partial charge in [0.1, 0.15) is 0 Å². The Hall–Kier alpha value is -2.64. The molecule has 0 heterocycles. The van der Waals surface area contributed by atoms with Gasteiger partial charge in [0.2, 0.25) is 5.90 Å². The van der Waals surface area contributed by atoms with Gasteiger partial charge in [-0.25, -0.2) is 4.99 Å². The first-order valence-electron chi connectivity index (χ1n) is 8.95. The molecular weight excluding hydrogens is 488 g/mol. The van der Waals surface area contributed by atoms with E-state index in [2.05, 4.69) is 20.9 Å². The Morgan fingerprint density at radius 3 is 2.15 bits per heavy atom. The van der Waals surface area contributed by atoms with Crippen LogP contribution in [-0.2, 0) is 20.2 Å². The van der Waals surface area contributed by atoms with Gasteiger partial charge in [-0.05, 0) is 30.2 Å². The van der Waals surface area contributed by atoms with E-state index in [0.717, 1.165) is 24.6 Å². The molecule has 0 spiro atoms. The molecule has 5 nitrogen and oxygen atoms in total. The average Bonchev–Trinajstić information content (AvgIpc) is 2.70. The standard InChI is InChI=1S/C19H20F8N2O3S/c1-5-28-16(32-11-17(20,21)19(25,26)27)9-12(3)14-8-7-13(18(22,23)24)10-15(14)33(4,31,6-2)29-30/h5,7-10H,1,6,11H2,2-4H3/b12-9+,28-16+. The van der Waals surface area contributed by atoms with Crippen LogP contribution in [0.25, 0.3) is 5.57 Å². The molecule has 0 saturated carbocycles. The molecule has 0 unspecified atom stereocenters. The molecule has 1 rings (SSSR count). The second-order valence-corrected chi connectivity index (χ2v) is 11.2. The van der Waals surface area contributed by atoms with E-state index in [1.807, 2.05) is 0 Å². The van der Waals surface area contributed by atoms with Crippen molar-refractivity contribution in [2.45, 2.75) is 37.0 Å². The first kappa shape index (κ1) is 28.4. The van der Waals surface area contributed by atoms with Crippen molar-refractivity contribution in [1.82, 2.24) is 0 Å². The molecule has 0 aliphatic rings. The lowest BCUT2D eigenvalue weighted by Gasteiger charge is -2.32. The summed E-state index contributed by atoms with van der Waals surface area (Å²) in [6.45, 7) is 3.52. The maximum absolute atomic E-state index is 13.3. The minimum Gasteiger partial charge on any atom is -0.471 e. The quantitative estimate of drug-likeness (QED) is 0.177. The van der Waals surface area contributed by atoms with Crippen molar-refractivity contribution in [2.75, 3.05) is 18.6 Å². The van der Waals surface area contributed by atoms with E-state index in [0.29, 0.717) is 12.1 Å². The van der Waals surface area contributed by atoms with E-state index in [1.165, 1.54) is 13.8 Å². The number of benzene rings is 1. The number of allylic oxidation sites excluding steroid dienone is 1. The molecule has 0 atom stereocenters. The zero-order valence-corrected chi connectivity index (χ0v) is 18.4. The van der Waals surface area contributed by atoms with Gasteiger partial charge in [0.15, 0.2) is 6.61 Å². The minimum absolute atomic E-state index is 0.104. The van der Waals surface area contributed by atoms with E-state index in [4.69, 9.17) is 0 Å². The van der Waals surface area contributed by atoms with Crippen LogP contribution in [0.5, 0.6) is 0 Å². The normalized spacial score (nSPS) is 15.5. The number of hydrogen-bond donors (Lipinski definition) is 0. The van der Waals surface area contributed by atoms with Gasteiger partial charge in [0.25, 0.3) is 0 Å². The fraction of sp³-hybridized carbons (Fsp3) is 0.421. The molecule has 1 aromatic carbocycles. The molecule has 0 aliphatic heterocycles. The van der Waals surface area contributed by atoms with Gasteiger partial charge < -0.3 is 4.74 Å². The summed E-state index contributed by atoms with van der Waals surface area (Å²) in [6, 6.07) is 1.97. The van der Waals surface area contributed by atoms with Gasteiger partial charge in [0.05, 0.1) is 5.56 Å². The number of aliphatic imine (C=N–C) groups is 1. The Balaban J connectivity index is 3.63. The average molecular weight is 508 g/mol. The van der Waals surface area contributed by atoms with Crippen molar-refractivity contribution in [3.63, 3.8) is 0 Å². The number of hydrogen-bond acceptors (Lipinski definition) is 4. The first-order chi connectivity index (χ1) is 14.8. The number of halogens is 8. The molecule has 14 heteroatoms. The molecule has 0 aliphatic carbocycles. The highest BCUT2D eigenvalue weighted by Gasteiger charge is 2.58. The van der Waals surface area contributed by atoms with Crippen LogP contribution in [0.2, 0.25) is 0 Å². The van der Waals surface area contributed by atoms with Crippen LogP contribution in [-0.4, -0.2) is 40.8 Å². The number of rotatable bonds is 8. The van der Waals surface area contributed by atoms with Crippen LogP contribution in [0, 0.1) is 4.91 Å². The van der Waals surface area contributed by atoms with Gasteiger partial charge in [0, 0.05) is 43.0 Å². The largest absolute Gasteiger partial charge is 0.471 e. The summed E-state index contributed by atoms with van der Waals surface area (Å²) < 4.78 is 123. The maximum atomic E-state index is 13.3. The summed E-state index contributed by atoms with van der Waals surface area (Å²) in [6.07, 6.45) is -8.28. The van der Waals surface area contributed by atoms with Crippen molar-refractivity contribution in [3.05, 3.63) is 53.1 Å². The Labute approximate surface area is 183 Å². The second kappa shape index (κ2) is 9.31. The van der Waals surface area contributed by atoms with Crippen LogP contribution >= 0.6 is 0 Å². The number of ether oxygens (including phenoxy) is 1. The summed E-state index contributed by atoms with van der Waals surface area (Å²) in [5, 5.41) is 0. The SMILES string of the molecule is C=C/N=C(\C=C(/C)c1ccc(C(F)(F)F)cc1S(C)(=O)(CC)N=O)OCC(F)(F)C(F)(F)F. The molecule has 0 fully saturated rings. The lowest BCUT2D eigenvalue weighted by atomic mass is 10.0. The second-order valence-electron chi connectivity index (χ2n) is 7.02. The van der Waals surface area contributed by atoms with Gasteiger partial charge >= 0.3 is 18.3 Å². The highest BCUT2D eigenvalue weighted by atomic mass is 32.3. The van der Waals surface area contributed by atoms with Crippen LogP contribution < -0.4 is 0 Å². The van der Waals surface area contributed by atoms with Crippen molar-refractivity contribution >= 4 is 20.7 Å². The smallest absolute Gasteiger partial charge is 0.456 e. The predicted octanol–water partition coefficient (Wildman–Crippen LogP) is 6.38. The molecule has 33 heavy (non-hydrogen) atoms. The van der Waals surface area contributed by atoms with Crippen LogP contribution in [0.15, 0.2) is 51.5 Å². The summed E-state index contributed by atoms with van der Waals surface area (Å²) in [5.74, 6) is -6.46. The lowest BCUT2D eigenvalue weighted by Crippen LogP contribution is -2.41. The zero-order valence-electron chi connectivity index (χ0n) is 17.6. The number of nitrogens with zero attached hydrogens (tertiary/aromatic N) is 2. The third kappa shape index (κ3) is 6.45. The van der Waals surface area contributed by atoms with E-state index >= 15 is 0 Å². The predicted molar refractivity (Wildman–Crippen MR) is 108 cm³/mol. The van der Waals surface area contributed by atoms with Crippen molar-refractivity contribution in [1.29, 1.82) is 0 Å². The number of nitroso groups, excluding NO2 is 1. The molecule has 0 aromatic heterocycles. The van der Waals surface area contributed by atoms with Crippen LogP contribution in [0.4, 0.5) is 35.1 Å². The Morgan fingerprint density at radius 1 is 1.15 bits per heavy atom. The number of alkyl halides is 8. The summed E-state index contributed by atoms with van der Waals surface area (Å²) in [7, 11) is -4.72. The summed E-state index contributed by atoms with van der Waals surface area (Å²) in [5.41, 5.74) is -1.53. The molecule has 0 N–H and O–H groups in total. The van der Waals surface area contributed by atoms with Crippen molar-refractivity contribution < 1.29 is 44.1 Å². The Morgan fingerprint density at radius 2 is 1.73 bits per heavy atom. The molecule has 186 valence electrons. The first-order valence-corrected chi connectivity index (χ1v) is 11.5.